The van der Waals surface area contributed by atoms with Crippen LogP contribution >= 0.6 is 0 Å². The van der Waals surface area contributed by atoms with E-state index >= 15 is 0 Å². The average Bonchev–Trinajstić information content (AvgIpc) is 3.23. The van der Waals surface area contributed by atoms with E-state index in [4.69, 9.17) is 9.72 Å². The molecule has 2 aliphatic rings. The molecule has 2 fully saturated rings. The summed E-state index contributed by atoms with van der Waals surface area (Å²) in [5.74, 6) is 0.544. The molecule has 1 saturated heterocycles. The summed E-state index contributed by atoms with van der Waals surface area (Å²) in [5, 5.41) is 0. The van der Waals surface area contributed by atoms with E-state index in [2.05, 4.69) is 30.3 Å². The lowest BCUT2D eigenvalue weighted by atomic mass is 10.0. The van der Waals surface area contributed by atoms with Crippen molar-refractivity contribution in [1.29, 1.82) is 0 Å². The molecule has 136 valence electrons. The smallest absolute Gasteiger partial charge is 0.225 e. The third-order valence-corrected chi connectivity index (χ3v) is 5.47. The molecular formula is C22H26N2O2. The van der Waals surface area contributed by atoms with Gasteiger partial charge in [0.25, 0.3) is 0 Å². The zero-order chi connectivity index (χ0) is 17.8. The standard InChI is InChI=1S/C22H26N2O2/c25-22(18-9-4-5-10-18)24-13-14-26-21(16-24)20-12-6-11-19(23-20)15-17-7-2-1-3-8-17/h1-3,6-8,11-12,18,21H,4-5,9-10,13-16H2. The Bertz CT molecular complexity index is 741. The summed E-state index contributed by atoms with van der Waals surface area (Å²) >= 11 is 0. The number of pyridine rings is 1. The number of morpholine rings is 1. The molecule has 4 rings (SSSR count). The van der Waals surface area contributed by atoms with Crippen LogP contribution in [0.5, 0.6) is 0 Å². The van der Waals surface area contributed by atoms with E-state index < -0.39 is 0 Å². The number of ether oxygens (including phenoxy) is 1. The van der Waals surface area contributed by atoms with Crippen LogP contribution in [0.3, 0.4) is 0 Å². The van der Waals surface area contributed by atoms with Crippen molar-refractivity contribution in [3.8, 4) is 0 Å². The first-order chi connectivity index (χ1) is 12.8. The molecule has 1 aromatic heterocycles. The molecule has 2 aromatic rings. The van der Waals surface area contributed by atoms with Gasteiger partial charge in [-0.05, 0) is 30.5 Å². The SMILES string of the molecule is O=C(C1CCCC1)N1CCOC(c2cccc(Cc3ccccc3)n2)C1. The number of rotatable bonds is 4. The Morgan fingerprint density at radius 3 is 2.69 bits per heavy atom. The summed E-state index contributed by atoms with van der Waals surface area (Å²) in [7, 11) is 0. The van der Waals surface area contributed by atoms with Gasteiger partial charge in [-0.15, -0.1) is 0 Å². The lowest BCUT2D eigenvalue weighted by Crippen LogP contribution is -2.44. The van der Waals surface area contributed by atoms with Gasteiger partial charge in [-0.2, -0.15) is 0 Å². The first-order valence-corrected chi connectivity index (χ1v) is 9.70. The molecular weight excluding hydrogens is 324 g/mol. The Morgan fingerprint density at radius 1 is 1.08 bits per heavy atom. The van der Waals surface area contributed by atoms with E-state index in [-0.39, 0.29) is 12.0 Å². The van der Waals surface area contributed by atoms with Gasteiger partial charge in [0, 0.05) is 24.6 Å². The van der Waals surface area contributed by atoms with Crippen LogP contribution in [0.4, 0.5) is 0 Å². The third-order valence-electron chi connectivity index (χ3n) is 5.47. The molecule has 4 nitrogen and oxygen atoms in total. The fraction of sp³-hybridized carbons (Fsp3) is 0.455. The molecule has 1 unspecified atom stereocenters. The Morgan fingerprint density at radius 2 is 1.88 bits per heavy atom. The number of amides is 1. The van der Waals surface area contributed by atoms with Gasteiger partial charge in [0.1, 0.15) is 6.10 Å². The number of hydrogen-bond donors (Lipinski definition) is 0. The number of hydrogen-bond acceptors (Lipinski definition) is 3. The first-order valence-electron chi connectivity index (χ1n) is 9.70. The highest BCUT2D eigenvalue weighted by Gasteiger charge is 2.31. The zero-order valence-electron chi connectivity index (χ0n) is 15.1. The predicted molar refractivity (Wildman–Crippen MR) is 101 cm³/mol. The molecule has 1 amide bonds. The number of nitrogens with zero attached hydrogens (tertiary/aromatic N) is 2. The van der Waals surface area contributed by atoms with Crippen molar-refractivity contribution >= 4 is 5.91 Å². The molecule has 0 bridgehead atoms. The zero-order valence-corrected chi connectivity index (χ0v) is 15.1. The minimum absolute atomic E-state index is 0.121. The van der Waals surface area contributed by atoms with Crippen molar-refractivity contribution < 1.29 is 9.53 Å². The predicted octanol–water partition coefficient (Wildman–Crippen LogP) is 3.76. The fourth-order valence-electron chi connectivity index (χ4n) is 4.04. The van der Waals surface area contributed by atoms with Crippen LogP contribution in [-0.4, -0.2) is 35.5 Å². The van der Waals surface area contributed by atoms with Crippen LogP contribution in [0.25, 0.3) is 0 Å². The Hall–Kier alpha value is -2.20. The van der Waals surface area contributed by atoms with Crippen LogP contribution in [0.1, 0.15) is 48.7 Å². The molecule has 1 aliphatic heterocycles. The first kappa shape index (κ1) is 17.2. The minimum Gasteiger partial charge on any atom is -0.368 e. The van der Waals surface area contributed by atoms with Crippen LogP contribution in [-0.2, 0) is 16.0 Å². The topological polar surface area (TPSA) is 42.4 Å². The van der Waals surface area contributed by atoms with Crippen molar-refractivity contribution in [2.75, 3.05) is 19.7 Å². The number of benzene rings is 1. The molecule has 26 heavy (non-hydrogen) atoms. The number of carbonyl (C=O) groups is 1. The molecule has 2 heterocycles. The van der Waals surface area contributed by atoms with Crippen molar-refractivity contribution in [3.63, 3.8) is 0 Å². The summed E-state index contributed by atoms with van der Waals surface area (Å²) in [6.07, 6.45) is 5.16. The Balaban J connectivity index is 1.45. The van der Waals surface area contributed by atoms with Crippen LogP contribution < -0.4 is 0 Å². The van der Waals surface area contributed by atoms with Crippen LogP contribution in [0.2, 0.25) is 0 Å². The van der Waals surface area contributed by atoms with Gasteiger partial charge >= 0.3 is 0 Å². The van der Waals surface area contributed by atoms with Gasteiger partial charge in [-0.3, -0.25) is 9.78 Å². The van der Waals surface area contributed by atoms with E-state index in [9.17, 15) is 4.79 Å². The average molecular weight is 350 g/mol. The van der Waals surface area contributed by atoms with E-state index in [1.807, 2.05) is 23.1 Å². The van der Waals surface area contributed by atoms with Crippen molar-refractivity contribution in [3.05, 3.63) is 65.5 Å². The Kier molecular flexibility index (Phi) is 5.30. The van der Waals surface area contributed by atoms with Crippen molar-refractivity contribution in [1.82, 2.24) is 9.88 Å². The molecule has 1 atom stereocenters. The highest BCUT2D eigenvalue weighted by atomic mass is 16.5. The van der Waals surface area contributed by atoms with Gasteiger partial charge in [0.05, 0.1) is 18.8 Å². The van der Waals surface area contributed by atoms with Gasteiger partial charge in [0.15, 0.2) is 0 Å². The maximum atomic E-state index is 12.7. The van der Waals surface area contributed by atoms with E-state index in [0.717, 1.165) is 30.7 Å². The minimum atomic E-state index is -0.121. The summed E-state index contributed by atoms with van der Waals surface area (Å²) in [5.41, 5.74) is 3.22. The lowest BCUT2D eigenvalue weighted by Gasteiger charge is -2.34. The van der Waals surface area contributed by atoms with Crippen molar-refractivity contribution in [2.24, 2.45) is 5.92 Å². The van der Waals surface area contributed by atoms with E-state index in [1.54, 1.807) is 0 Å². The highest BCUT2D eigenvalue weighted by Crippen LogP contribution is 2.29. The molecule has 1 saturated carbocycles. The second kappa shape index (κ2) is 8.00. The van der Waals surface area contributed by atoms with Crippen LogP contribution in [0, 0.1) is 5.92 Å². The monoisotopic (exact) mass is 350 g/mol. The highest BCUT2D eigenvalue weighted by molar-refractivity contribution is 5.79. The second-order valence-electron chi connectivity index (χ2n) is 7.34. The maximum Gasteiger partial charge on any atom is 0.225 e. The number of carbonyl (C=O) groups excluding carboxylic acids is 1. The van der Waals surface area contributed by atoms with Gasteiger partial charge < -0.3 is 9.64 Å². The molecule has 0 spiro atoms. The third kappa shape index (κ3) is 3.96. The normalized spacial score (nSPS) is 21.1. The van der Waals surface area contributed by atoms with Crippen LogP contribution in [0.15, 0.2) is 48.5 Å². The van der Waals surface area contributed by atoms with Crippen molar-refractivity contribution in [2.45, 2.75) is 38.2 Å². The largest absolute Gasteiger partial charge is 0.368 e. The summed E-state index contributed by atoms with van der Waals surface area (Å²) in [6, 6.07) is 16.5. The summed E-state index contributed by atoms with van der Waals surface area (Å²) in [6.45, 7) is 1.92. The maximum absolute atomic E-state index is 12.7. The number of aromatic nitrogens is 1. The van der Waals surface area contributed by atoms with E-state index in [1.165, 1.54) is 18.4 Å². The second-order valence-corrected chi connectivity index (χ2v) is 7.34. The molecule has 0 radical (unpaired) electrons. The Labute approximate surface area is 155 Å². The van der Waals surface area contributed by atoms with Gasteiger partial charge in [0.2, 0.25) is 5.91 Å². The summed E-state index contributed by atoms with van der Waals surface area (Å²) < 4.78 is 5.96. The summed E-state index contributed by atoms with van der Waals surface area (Å²) in [4.78, 5) is 19.6. The molecule has 1 aromatic carbocycles. The lowest BCUT2D eigenvalue weighted by molar-refractivity contribution is -0.143. The molecule has 4 heteroatoms. The quantitative estimate of drug-likeness (QED) is 0.843. The fourth-order valence-corrected chi connectivity index (χ4v) is 4.04. The van der Waals surface area contributed by atoms with E-state index in [0.29, 0.717) is 25.6 Å². The molecule has 0 N–H and O–H groups in total. The molecule has 1 aliphatic carbocycles. The van der Waals surface area contributed by atoms with Gasteiger partial charge in [-0.1, -0.05) is 49.2 Å². The van der Waals surface area contributed by atoms with Gasteiger partial charge in [-0.25, -0.2) is 0 Å².